The first-order valence-electron chi connectivity index (χ1n) is 11.3. The van der Waals surface area contributed by atoms with Crippen molar-refractivity contribution < 1.29 is 23.9 Å². The van der Waals surface area contributed by atoms with Crippen LogP contribution in [0.4, 0.5) is 4.39 Å². The molecule has 0 aliphatic carbocycles. The molecule has 0 radical (unpaired) electrons. The molecule has 10 heteroatoms. The minimum absolute atomic E-state index is 0.109. The Morgan fingerprint density at radius 2 is 1.79 bits per heavy atom. The lowest BCUT2D eigenvalue weighted by Gasteiger charge is -2.19. The lowest BCUT2D eigenvalue weighted by molar-refractivity contribution is -0.137. The van der Waals surface area contributed by atoms with E-state index < -0.39 is 12.6 Å². The summed E-state index contributed by atoms with van der Waals surface area (Å²) in [5, 5.41) is 19.6. The van der Waals surface area contributed by atoms with Crippen molar-refractivity contribution in [3.8, 4) is 5.69 Å². The summed E-state index contributed by atoms with van der Waals surface area (Å²) in [4.78, 5) is 38.0. The predicted molar refractivity (Wildman–Crippen MR) is 121 cm³/mol. The van der Waals surface area contributed by atoms with Gasteiger partial charge in [0.15, 0.2) is 0 Å². The van der Waals surface area contributed by atoms with Gasteiger partial charge in [-0.15, -0.1) is 5.10 Å². The molecule has 0 saturated heterocycles. The molecule has 1 heterocycles. The van der Waals surface area contributed by atoms with E-state index in [1.807, 2.05) is 13.8 Å². The van der Waals surface area contributed by atoms with Gasteiger partial charge in [0.25, 0.3) is 11.8 Å². The maximum atomic E-state index is 13.0. The van der Waals surface area contributed by atoms with Crippen LogP contribution in [0.25, 0.3) is 5.69 Å². The number of carbonyl (C=O) groups excluding carboxylic acids is 2. The average Bonchev–Trinajstić information content (AvgIpc) is 3.29. The van der Waals surface area contributed by atoms with Crippen molar-refractivity contribution in [3.05, 3.63) is 41.2 Å². The molecule has 180 valence electrons. The van der Waals surface area contributed by atoms with Crippen molar-refractivity contribution in [2.24, 2.45) is 0 Å². The van der Waals surface area contributed by atoms with Crippen LogP contribution in [0, 0.1) is 0 Å². The van der Waals surface area contributed by atoms with Gasteiger partial charge in [-0.3, -0.25) is 18.8 Å². The number of rotatable bonds is 14. The highest BCUT2D eigenvalue weighted by Gasteiger charge is 2.18. The zero-order valence-electron chi connectivity index (χ0n) is 19.2. The van der Waals surface area contributed by atoms with Crippen molar-refractivity contribution in [3.63, 3.8) is 0 Å². The number of carbonyl (C=O) groups is 3. The van der Waals surface area contributed by atoms with E-state index in [0.717, 1.165) is 0 Å². The highest BCUT2D eigenvalue weighted by molar-refractivity contribution is 6.00. The third kappa shape index (κ3) is 7.96. The van der Waals surface area contributed by atoms with Crippen LogP contribution in [0.1, 0.15) is 72.4 Å². The number of alkyl halides is 1. The van der Waals surface area contributed by atoms with Crippen LogP contribution in [0.5, 0.6) is 0 Å². The topological polar surface area (TPSA) is 117 Å². The molecule has 0 unspecified atom stereocenters. The van der Waals surface area contributed by atoms with Gasteiger partial charge in [0.2, 0.25) is 0 Å². The molecule has 9 nitrogen and oxygen atoms in total. The first-order chi connectivity index (χ1) is 15.9. The molecule has 2 N–H and O–H groups in total. The molecule has 1 aromatic heterocycles. The zero-order chi connectivity index (χ0) is 24.2. The molecule has 0 saturated carbocycles. The van der Waals surface area contributed by atoms with Crippen molar-refractivity contribution in [1.82, 2.24) is 25.2 Å². The van der Waals surface area contributed by atoms with Gasteiger partial charge in [-0.05, 0) is 57.7 Å². The number of halogens is 1. The first kappa shape index (κ1) is 26.0. The molecular weight excluding hydrogens is 429 g/mol. The SMILES string of the molecule is CCN(CC)C(=O)c1cc(C(=O)NCCCCCC(=O)O)cc(-n2cc(CCCF)nn2)c1. The summed E-state index contributed by atoms with van der Waals surface area (Å²) < 4.78 is 14.0. The van der Waals surface area contributed by atoms with Gasteiger partial charge in [-0.25, -0.2) is 4.68 Å². The van der Waals surface area contributed by atoms with Crippen molar-refractivity contribution in [2.45, 2.75) is 52.4 Å². The third-order valence-corrected chi connectivity index (χ3v) is 5.20. The number of aliphatic carboxylic acids is 1. The Kier molecular flexibility index (Phi) is 10.5. The Hall–Kier alpha value is -3.30. The van der Waals surface area contributed by atoms with Gasteiger partial charge in [0.05, 0.1) is 24.3 Å². The standard InChI is InChI=1S/C23H32FN5O4/c1-3-28(4-2)23(33)18-13-17(22(32)25-12-7-5-6-10-21(30)31)14-20(15-18)29-16-19(26-27-29)9-8-11-24/h13-16H,3-12H2,1-2H3,(H,25,32)(H,30,31). The summed E-state index contributed by atoms with van der Waals surface area (Å²) in [6.45, 7) is 4.80. The number of unbranched alkanes of at least 4 members (excludes halogenated alkanes) is 2. The molecule has 1 aromatic carbocycles. The van der Waals surface area contributed by atoms with Gasteiger partial charge in [0.1, 0.15) is 0 Å². The average molecular weight is 462 g/mol. The normalized spacial score (nSPS) is 10.8. The van der Waals surface area contributed by atoms with Gasteiger partial charge in [0, 0.05) is 37.2 Å². The summed E-state index contributed by atoms with van der Waals surface area (Å²) >= 11 is 0. The highest BCUT2D eigenvalue weighted by Crippen LogP contribution is 2.17. The fraction of sp³-hybridized carbons (Fsp3) is 0.522. The smallest absolute Gasteiger partial charge is 0.303 e. The molecule has 2 rings (SSSR count). The molecule has 0 aliphatic rings. The molecule has 2 aromatic rings. The maximum absolute atomic E-state index is 13.0. The minimum Gasteiger partial charge on any atom is -0.481 e. The van der Waals surface area contributed by atoms with E-state index in [1.54, 1.807) is 29.3 Å². The fourth-order valence-electron chi connectivity index (χ4n) is 3.36. The summed E-state index contributed by atoms with van der Waals surface area (Å²) in [7, 11) is 0. The van der Waals surface area contributed by atoms with Crippen molar-refractivity contribution in [2.75, 3.05) is 26.3 Å². The van der Waals surface area contributed by atoms with Crippen LogP contribution in [0.15, 0.2) is 24.4 Å². The summed E-state index contributed by atoms with van der Waals surface area (Å²) in [5.74, 6) is -1.36. The zero-order valence-corrected chi connectivity index (χ0v) is 19.2. The monoisotopic (exact) mass is 461 g/mol. The molecule has 0 spiro atoms. The second kappa shape index (κ2) is 13.3. The Labute approximate surface area is 193 Å². The molecule has 2 amide bonds. The molecule has 0 bridgehead atoms. The number of hydrogen-bond donors (Lipinski definition) is 2. The van der Waals surface area contributed by atoms with E-state index in [2.05, 4.69) is 15.6 Å². The maximum Gasteiger partial charge on any atom is 0.303 e. The van der Waals surface area contributed by atoms with E-state index in [4.69, 9.17) is 5.11 Å². The van der Waals surface area contributed by atoms with Crippen LogP contribution in [0.3, 0.4) is 0 Å². The minimum atomic E-state index is -0.831. The molecule has 0 aliphatic heterocycles. The third-order valence-electron chi connectivity index (χ3n) is 5.20. The number of nitrogens with zero attached hydrogens (tertiary/aromatic N) is 4. The van der Waals surface area contributed by atoms with Crippen molar-refractivity contribution >= 4 is 17.8 Å². The molecule has 33 heavy (non-hydrogen) atoms. The largest absolute Gasteiger partial charge is 0.481 e. The fourth-order valence-corrected chi connectivity index (χ4v) is 3.36. The number of aryl methyl sites for hydroxylation is 1. The van der Waals surface area contributed by atoms with Crippen LogP contribution >= 0.6 is 0 Å². The van der Waals surface area contributed by atoms with E-state index in [-0.39, 0.29) is 18.2 Å². The number of carboxylic acids is 1. The van der Waals surface area contributed by atoms with Crippen molar-refractivity contribution in [1.29, 1.82) is 0 Å². The number of aromatic nitrogens is 3. The van der Waals surface area contributed by atoms with E-state index in [1.165, 1.54) is 4.68 Å². The molecular formula is C23H32FN5O4. The van der Waals surface area contributed by atoms with E-state index in [0.29, 0.717) is 74.2 Å². The predicted octanol–water partition coefficient (Wildman–Crippen LogP) is 3.03. The summed E-state index contributed by atoms with van der Waals surface area (Å²) in [6.07, 6.45) is 4.48. The van der Waals surface area contributed by atoms with Crippen LogP contribution < -0.4 is 5.32 Å². The molecule has 0 fully saturated rings. The number of amides is 2. The number of benzene rings is 1. The number of nitrogens with one attached hydrogen (secondary N) is 1. The lowest BCUT2D eigenvalue weighted by Crippen LogP contribution is -2.31. The summed E-state index contributed by atoms with van der Waals surface area (Å²) in [6, 6.07) is 4.86. The van der Waals surface area contributed by atoms with E-state index in [9.17, 15) is 18.8 Å². The van der Waals surface area contributed by atoms with Gasteiger partial charge in [-0.2, -0.15) is 0 Å². The lowest BCUT2D eigenvalue weighted by atomic mass is 10.1. The second-order valence-corrected chi connectivity index (χ2v) is 7.65. The summed E-state index contributed by atoms with van der Waals surface area (Å²) in [5.41, 5.74) is 1.82. The quantitative estimate of drug-likeness (QED) is 0.418. The van der Waals surface area contributed by atoms with Crippen LogP contribution in [-0.4, -0.2) is 69.1 Å². The first-order valence-corrected chi connectivity index (χ1v) is 11.3. The number of carboxylic acid groups (broad SMARTS) is 1. The highest BCUT2D eigenvalue weighted by atomic mass is 19.1. The van der Waals surface area contributed by atoms with Crippen LogP contribution in [0.2, 0.25) is 0 Å². The Balaban J connectivity index is 2.22. The second-order valence-electron chi connectivity index (χ2n) is 7.65. The Bertz CT molecular complexity index is 943. The Morgan fingerprint density at radius 1 is 1.06 bits per heavy atom. The Morgan fingerprint density at radius 3 is 2.45 bits per heavy atom. The molecule has 0 atom stereocenters. The van der Waals surface area contributed by atoms with Gasteiger partial charge >= 0.3 is 5.97 Å². The van der Waals surface area contributed by atoms with Gasteiger partial charge in [-0.1, -0.05) is 11.6 Å². The van der Waals surface area contributed by atoms with Gasteiger partial charge < -0.3 is 15.3 Å². The number of hydrogen-bond acceptors (Lipinski definition) is 5. The van der Waals surface area contributed by atoms with E-state index >= 15 is 0 Å². The van der Waals surface area contributed by atoms with Crippen LogP contribution in [-0.2, 0) is 11.2 Å².